The maximum Gasteiger partial charge on any atom is 0.244 e. The lowest BCUT2D eigenvalue weighted by Gasteiger charge is -2.04. The van der Waals surface area contributed by atoms with Crippen molar-refractivity contribution in [3.8, 4) is 0 Å². The molecule has 0 aliphatic heterocycles. The normalized spacial score (nSPS) is 12.3. The summed E-state index contributed by atoms with van der Waals surface area (Å²) < 4.78 is 30.9. The van der Waals surface area contributed by atoms with Crippen molar-refractivity contribution in [2.75, 3.05) is 7.05 Å². The highest BCUT2D eigenvalue weighted by atomic mass is 79.9. The molecule has 0 radical (unpaired) electrons. The first-order chi connectivity index (χ1) is 7.36. The van der Waals surface area contributed by atoms with E-state index in [1.807, 2.05) is 13.8 Å². The first-order valence-electron chi connectivity index (χ1n) is 4.82. The van der Waals surface area contributed by atoms with E-state index >= 15 is 0 Å². The van der Waals surface area contributed by atoms with Crippen molar-refractivity contribution in [3.63, 3.8) is 0 Å². The SMILES string of the molecule is CNS(=O)(=O)c1cc(CNC(C)C)oc1Br. The predicted molar refractivity (Wildman–Crippen MR) is 64.6 cm³/mol. The van der Waals surface area contributed by atoms with Gasteiger partial charge in [-0.1, -0.05) is 13.8 Å². The van der Waals surface area contributed by atoms with E-state index < -0.39 is 10.0 Å². The summed E-state index contributed by atoms with van der Waals surface area (Å²) in [6, 6.07) is 1.82. The molecule has 0 amide bonds. The van der Waals surface area contributed by atoms with E-state index in [0.29, 0.717) is 18.3 Å². The van der Waals surface area contributed by atoms with Gasteiger partial charge in [0.25, 0.3) is 0 Å². The second-order valence-electron chi connectivity index (χ2n) is 3.59. The highest BCUT2D eigenvalue weighted by molar-refractivity contribution is 9.10. The molecule has 16 heavy (non-hydrogen) atoms. The van der Waals surface area contributed by atoms with Gasteiger partial charge in [-0.15, -0.1) is 0 Å². The van der Waals surface area contributed by atoms with Crippen molar-refractivity contribution in [2.45, 2.75) is 31.3 Å². The minimum Gasteiger partial charge on any atom is -0.452 e. The molecule has 0 aromatic carbocycles. The van der Waals surface area contributed by atoms with Gasteiger partial charge in [0.1, 0.15) is 10.7 Å². The monoisotopic (exact) mass is 310 g/mol. The zero-order valence-corrected chi connectivity index (χ0v) is 11.8. The van der Waals surface area contributed by atoms with Crippen LogP contribution in [-0.2, 0) is 16.6 Å². The minimum atomic E-state index is -3.46. The summed E-state index contributed by atoms with van der Waals surface area (Å²) in [7, 11) is -2.10. The van der Waals surface area contributed by atoms with Crippen LogP contribution in [0.15, 0.2) is 20.0 Å². The maximum atomic E-state index is 11.6. The van der Waals surface area contributed by atoms with Gasteiger partial charge in [0.15, 0.2) is 4.67 Å². The van der Waals surface area contributed by atoms with Gasteiger partial charge < -0.3 is 9.73 Å². The summed E-state index contributed by atoms with van der Waals surface area (Å²) in [5.41, 5.74) is 0. The molecule has 1 aromatic heterocycles. The lowest BCUT2D eigenvalue weighted by Crippen LogP contribution is -2.21. The first-order valence-corrected chi connectivity index (χ1v) is 7.09. The lowest BCUT2D eigenvalue weighted by atomic mass is 10.3. The van der Waals surface area contributed by atoms with E-state index in [-0.39, 0.29) is 9.56 Å². The average molecular weight is 311 g/mol. The van der Waals surface area contributed by atoms with Gasteiger partial charge in [0, 0.05) is 12.1 Å². The lowest BCUT2D eigenvalue weighted by molar-refractivity contribution is 0.447. The van der Waals surface area contributed by atoms with Crippen LogP contribution in [0.2, 0.25) is 0 Å². The number of furan rings is 1. The Morgan fingerprint density at radius 1 is 1.50 bits per heavy atom. The molecule has 0 saturated carbocycles. The largest absolute Gasteiger partial charge is 0.452 e. The second kappa shape index (κ2) is 5.31. The maximum absolute atomic E-state index is 11.6. The summed E-state index contributed by atoms with van der Waals surface area (Å²) in [6.45, 7) is 4.50. The van der Waals surface area contributed by atoms with Crippen LogP contribution in [0.4, 0.5) is 0 Å². The van der Waals surface area contributed by atoms with Gasteiger partial charge >= 0.3 is 0 Å². The molecule has 2 N–H and O–H groups in total. The zero-order chi connectivity index (χ0) is 12.3. The van der Waals surface area contributed by atoms with E-state index in [4.69, 9.17) is 4.42 Å². The van der Waals surface area contributed by atoms with Crippen LogP contribution in [0, 0.1) is 0 Å². The predicted octanol–water partition coefficient (Wildman–Crippen LogP) is 1.45. The molecule has 0 saturated heterocycles. The number of nitrogens with one attached hydrogen (secondary N) is 2. The molecule has 7 heteroatoms. The van der Waals surface area contributed by atoms with Crippen molar-refractivity contribution in [2.24, 2.45) is 0 Å². The van der Waals surface area contributed by atoms with Crippen molar-refractivity contribution >= 4 is 26.0 Å². The summed E-state index contributed by atoms with van der Waals surface area (Å²) >= 11 is 3.09. The van der Waals surface area contributed by atoms with Gasteiger partial charge in [-0.3, -0.25) is 0 Å². The van der Waals surface area contributed by atoms with E-state index in [0.717, 1.165) is 0 Å². The van der Waals surface area contributed by atoms with E-state index in [1.165, 1.54) is 13.1 Å². The third kappa shape index (κ3) is 3.31. The molecule has 0 aliphatic rings. The van der Waals surface area contributed by atoms with Crippen LogP contribution in [-0.4, -0.2) is 21.5 Å². The summed E-state index contributed by atoms with van der Waals surface area (Å²) in [6.07, 6.45) is 0. The van der Waals surface area contributed by atoms with Gasteiger partial charge in [0.05, 0.1) is 6.54 Å². The molecule has 0 spiro atoms. The van der Waals surface area contributed by atoms with Crippen LogP contribution in [0.3, 0.4) is 0 Å². The molecule has 1 heterocycles. The van der Waals surface area contributed by atoms with E-state index in [1.54, 1.807) is 0 Å². The highest BCUT2D eigenvalue weighted by Gasteiger charge is 2.20. The Morgan fingerprint density at radius 2 is 2.12 bits per heavy atom. The zero-order valence-electron chi connectivity index (χ0n) is 9.37. The standard InChI is InChI=1S/C9H15BrN2O3S/c1-6(2)12-5-7-4-8(9(10)15-7)16(13,14)11-3/h4,6,11-12H,5H2,1-3H3. The molecule has 0 unspecified atom stereocenters. The van der Waals surface area contributed by atoms with Gasteiger partial charge in [0.2, 0.25) is 10.0 Å². The topological polar surface area (TPSA) is 71.3 Å². The third-order valence-corrected chi connectivity index (χ3v) is 4.22. The van der Waals surface area contributed by atoms with Gasteiger partial charge in [-0.05, 0) is 23.0 Å². The number of hydrogen-bond donors (Lipinski definition) is 2. The Labute approximate surface area is 104 Å². The van der Waals surface area contributed by atoms with Crippen molar-refractivity contribution in [1.82, 2.24) is 10.0 Å². The third-order valence-electron chi connectivity index (χ3n) is 1.95. The van der Waals surface area contributed by atoms with Crippen LogP contribution in [0.5, 0.6) is 0 Å². The summed E-state index contributed by atoms with van der Waals surface area (Å²) in [4.78, 5) is 0.121. The van der Waals surface area contributed by atoms with Gasteiger partial charge in [-0.25, -0.2) is 13.1 Å². The number of halogens is 1. The Balaban J connectivity index is 2.91. The smallest absolute Gasteiger partial charge is 0.244 e. The number of sulfonamides is 1. The first kappa shape index (κ1) is 13.7. The molecular weight excluding hydrogens is 296 g/mol. The Hall–Kier alpha value is -0.370. The average Bonchev–Trinajstić information content (AvgIpc) is 2.57. The number of rotatable bonds is 5. The molecule has 0 aliphatic carbocycles. The Bertz CT molecular complexity index is 453. The molecule has 0 atom stereocenters. The van der Waals surface area contributed by atoms with Crippen LogP contribution >= 0.6 is 15.9 Å². The Kier molecular flexibility index (Phi) is 4.54. The van der Waals surface area contributed by atoms with Crippen molar-refractivity contribution in [3.05, 3.63) is 16.5 Å². The molecule has 5 nitrogen and oxygen atoms in total. The highest BCUT2D eigenvalue weighted by Crippen LogP contribution is 2.25. The van der Waals surface area contributed by atoms with Gasteiger partial charge in [-0.2, -0.15) is 0 Å². The molecule has 92 valence electrons. The second-order valence-corrected chi connectivity index (χ2v) is 6.17. The van der Waals surface area contributed by atoms with Crippen LogP contribution < -0.4 is 10.0 Å². The summed E-state index contributed by atoms with van der Waals surface area (Å²) in [5.74, 6) is 0.578. The van der Waals surface area contributed by atoms with Crippen LogP contribution in [0.25, 0.3) is 0 Å². The fourth-order valence-electron chi connectivity index (χ4n) is 1.08. The summed E-state index contributed by atoms with van der Waals surface area (Å²) in [5, 5.41) is 3.14. The Morgan fingerprint density at radius 3 is 2.62 bits per heavy atom. The molecule has 1 rings (SSSR count). The van der Waals surface area contributed by atoms with E-state index in [9.17, 15) is 8.42 Å². The quantitative estimate of drug-likeness (QED) is 0.863. The molecule has 1 aromatic rings. The number of hydrogen-bond acceptors (Lipinski definition) is 4. The fraction of sp³-hybridized carbons (Fsp3) is 0.556. The molecule has 0 bridgehead atoms. The molecule has 0 fully saturated rings. The fourth-order valence-corrected chi connectivity index (χ4v) is 2.80. The van der Waals surface area contributed by atoms with Crippen molar-refractivity contribution < 1.29 is 12.8 Å². The van der Waals surface area contributed by atoms with E-state index in [2.05, 4.69) is 26.0 Å². The van der Waals surface area contributed by atoms with Crippen molar-refractivity contribution in [1.29, 1.82) is 0 Å². The minimum absolute atomic E-state index is 0.121. The van der Waals surface area contributed by atoms with Crippen LogP contribution in [0.1, 0.15) is 19.6 Å². The molecular formula is C9H15BrN2O3S.